The van der Waals surface area contributed by atoms with Crippen molar-refractivity contribution in [3.8, 4) is 5.75 Å². The highest BCUT2D eigenvalue weighted by Crippen LogP contribution is 2.22. The van der Waals surface area contributed by atoms with E-state index in [4.69, 9.17) is 4.74 Å². The van der Waals surface area contributed by atoms with E-state index in [0.29, 0.717) is 13.2 Å². The average Bonchev–Trinajstić information content (AvgIpc) is 3.12. The number of hydrogen-bond donors (Lipinski definition) is 1. The third-order valence-corrected chi connectivity index (χ3v) is 5.10. The Labute approximate surface area is 150 Å². The molecule has 3 heterocycles. The second kappa shape index (κ2) is 6.85. The Morgan fingerprint density at radius 2 is 2.32 bits per heavy atom. The first-order valence-electron chi connectivity index (χ1n) is 8.33. The molecule has 1 N–H and O–H groups in total. The maximum absolute atomic E-state index is 12.4. The summed E-state index contributed by atoms with van der Waals surface area (Å²) in [6.45, 7) is 4.36. The number of ether oxygens (including phenoxy) is 1. The zero-order chi connectivity index (χ0) is 17.2. The van der Waals surface area contributed by atoms with E-state index in [-0.39, 0.29) is 11.9 Å². The summed E-state index contributed by atoms with van der Waals surface area (Å²) in [6, 6.07) is 7.88. The van der Waals surface area contributed by atoms with Crippen LogP contribution in [-0.4, -0.2) is 39.9 Å². The van der Waals surface area contributed by atoms with Crippen LogP contribution < -0.4 is 10.1 Å². The topological polar surface area (TPSA) is 58.9 Å². The Bertz CT molecular complexity index is 859. The molecule has 1 aliphatic heterocycles. The summed E-state index contributed by atoms with van der Waals surface area (Å²) in [6.07, 6.45) is 3.94. The van der Waals surface area contributed by atoms with Crippen LogP contribution in [0.1, 0.15) is 24.2 Å². The largest absolute Gasteiger partial charge is 0.492 e. The van der Waals surface area contributed by atoms with Crippen molar-refractivity contribution in [3.05, 3.63) is 53.3 Å². The molecule has 0 spiro atoms. The van der Waals surface area contributed by atoms with Crippen LogP contribution in [-0.2, 0) is 11.3 Å². The lowest BCUT2D eigenvalue weighted by Crippen LogP contribution is -2.39. The van der Waals surface area contributed by atoms with Gasteiger partial charge in [-0.2, -0.15) is 0 Å². The van der Waals surface area contributed by atoms with Crippen LogP contribution in [0.25, 0.3) is 4.96 Å². The number of amides is 1. The van der Waals surface area contributed by atoms with E-state index in [2.05, 4.69) is 15.2 Å². The van der Waals surface area contributed by atoms with Crippen LogP contribution >= 0.6 is 11.3 Å². The van der Waals surface area contributed by atoms with Gasteiger partial charge in [0.25, 0.3) is 0 Å². The predicted octanol–water partition coefficient (Wildman–Crippen LogP) is 2.47. The minimum atomic E-state index is -0.116. The summed E-state index contributed by atoms with van der Waals surface area (Å²) in [7, 11) is 0. The van der Waals surface area contributed by atoms with E-state index < -0.39 is 0 Å². The molecule has 0 unspecified atom stereocenters. The van der Waals surface area contributed by atoms with Crippen LogP contribution in [0.4, 0.5) is 0 Å². The van der Waals surface area contributed by atoms with E-state index in [1.807, 2.05) is 53.4 Å². The second-order valence-electron chi connectivity index (χ2n) is 6.21. The zero-order valence-corrected chi connectivity index (χ0v) is 14.8. The SMILES string of the molecule is C[C@@H](NC(=O)CN1CCOc2ccccc2C1)c1cn2ccsc2n1. The number of imidazole rings is 1. The molecule has 6 nitrogen and oxygen atoms in total. The van der Waals surface area contributed by atoms with Crippen LogP contribution in [0.5, 0.6) is 5.75 Å². The van der Waals surface area contributed by atoms with Gasteiger partial charge in [-0.25, -0.2) is 4.98 Å². The van der Waals surface area contributed by atoms with Gasteiger partial charge in [0.1, 0.15) is 12.4 Å². The van der Waals surface area contributed by atoms with E-state index in [0.717, 1.165) is 35.1 Å². The Balaban J connectivity index is 1.37. The number of thiazole rings is 1. The number of carbonyl (C=O) groups is 1. The highest BCUT2D eigenvalue weighted by Gasteiger charge is 2.19. The average molecular weight is 356 g/mol. The van der Waals surface area contributed by atoms with Gasteiger partial charge in [-0.15, -0.1) is 11.3 Å². The first kappa shape index (κ1) is 16.1. The van der Waals surface area contributed by atoms with Crippen molar-refractivity contribution in [1.29, 1.82) is 0 Å². The molecule has 130 valence electrons. The second-order valence-corrected chi connectivity index (χ2v) is 7.09. The maximum atomic E-state index is 12.4. The molecule has 1 amide bonds. The highest BCUT2D eigenvalue weighted by molar-refractivity contribution is 7.15. The molecule has 4 rings (SSSR count). The first-order valence-corrected chi connectivity index (χ1v) is 9.21. The number of carbonyl (C=O) groups excluding carboxylic acids is 1. The molecule has 7 heteroatoms. The summed E-state index contributed by atoms with van der Waals surface area (Å²) in [5, 5.41) is 5.04. The zero-order valence-electron chi connectivity index (χ0n) is 14.0. The van der Waals surface area contributed by atoms with Crippen molar-refractivity contribution < 1.29 is 9.53 Å². The normalized spacial score (nSPS) is 16.0. The number of hydrogen-bond acceptors (Lipinski definition) is 5. The Hall–Kier alpha value is -2.38. The Morgan fingerprint density at radius 3 is 3.20 bits per heavy atom. The highest BCUT2D eigenvalue weighted by atomic mass is 32.1. The summed E-state index contributed by atoms with van der Waals surface area (Å²) in [4.78, 5) is 20.1. The number of benzene rings is 1. The molecule has 0 bridgehead atoms. The van der Waals surface area contributed by atoms with Gasteiger partial charge in [0.15, 0.2) is 4.96 Å². The van der Waals surface area contributed by atoms with Crippen LogP contribution in [0.2, 0.25) is 0 Å². The molecule has 0 saturated heterocycles. The minimum absolute atomic E-state index is 0.00300. The molecule has 0 aliphatic carbocycles. The van der Waals surface area contributed by atoms with Gasteiger partial charge in [0, 0.05) is 36.4 Å². The maximum Gasteiger partial charge on any atom is 0.234 e. The number of nitrogens with one attached hydrogen (secondary N) is 1. The molecule has 0 saturated carbocycles. The van der Waals surface area contributed by atoms with Gasteiger partial charge in [-0.05, 0) is 13.0 Å². The monoisotopic (exact) mass is 356 g/mol. The quantitative estimate of drug-likeness (QED) is 0.780. The summed E-state index contributed by atoms with van der Waals surface area (Å²) < 4.78 is 7.73. The molecule has 1 aromatic carbocycles. The number of para-hydroxylation sites is 1. The molecule has 1 aliphatic rings. The molecular formula is C18H20N4O2S. The van der Waals surface area contributed by atoms with Crippen molar-refractivity contribution in [2.45, 2.75) is 19.5 Å². The summed E-state index contributed by atoms with van der Waals surface area (Å²) >= 11 is 1.59. The van der Waals surface area contributed by atoms with Gasteiger partial charge in [0.2, 0.25) is 5.91 Å². The molecule has 1 atom stereocenters. The van der Waals surface area contributed by atoms with Gasteiger partial charge >= 0.3 is 0 Å². The summed E-state index contributed by atoms with van der Waals surface area (Å²) in [5.41, 5.74) is 2.00. The Kier molecular flexibility index (Phi) is 4.42. The molecule has 2 aromatic heterocycles. The number of nitrogens with zero attached hydrogens (tertiary/aromatic N) is 3. The van der Waals surface area contributed by atoms with Crippen LogP contribution in [0, 0.1) is 0 Å². The molecule has 0 fully saturated rings. The van der Waals surface area contributed by atoms with Crippen molar-refractivity contribution >= 4 is 22.2 Å². The smallest absolute Gasteiger partial charge is 0.234 e. The molecule has 3 aromatic rings. The fourth-order valence-electron chi connectivity index (χ4n) is 3.03. The number of rotatable bonds is 4. The lowest BCUT2D eigenvalue weighted by atomic mass is 10.2. The van der Waals surface area contributed by atoms with Gasteiger partial charge in [-0.1, -0.05) is 18.2 Å². The predicted molar refractivity (Wildman–Crippen MR) is 96.8 cm³/mol. The fourth-order valence-corrected chi connectivity index (χ4v) is 3.74. The Morgan fingerprint density at radius 1 is 1.44 bits per heavy atom. The van der Waals surface area contributed by atoms with E-state index in [9.17, 15) is 4.79 Å². The number of aromatic nitrogens is 2. The van der Waals surface area contributed by atoms with Gasteiger partial charge in [0.05, 0.1) is 18.3 Å². The van der Waals surface area contributed by atoms with Crippen molar-refractivity contribution in [2.75, 3.05) is 19.7 Å². The third-order valence-electron chi connectivity index (χ3n) is 4.33. The van der Waals surface area contributed by atoms with Crippen molar-refractivity contribution in [3.63, 3.8) is 0 Å². The minimum Gasteiger partial charge on any atom is -0.492 e. The van der Waals surface area contributed by atoms with Gasteiger partial charge in [-0.3, -0.25) is 14.1 Å². The lowest BCUT2D eigenvalue weighted by molar-refractivity contribution is -0.123. The third kappa shape index (κ3) is 3.52. The number of fused-ring (bicyclic) bond motifs is 2. The first-order chi connectivity index (χ1) is 12.2. The fraction of sp³-hybridized carbons (Fsp3) is 0.333. The van der Waals surface area contributed by atoms with E-state index in [1.54, 1.807) is 11.3 Å². The summed E-state index contributed by atoms with van der Waals surface area (Å²) in [5.74, 6) is 0.917. The lowest BCUT2D eigenvalue weighted by Gasteiger charge is -2.20. The molecule has 25 heavy (non-hydrogen) atoms. The molecular weight excluding hydrogens is 336 g/mol. The van der Waals surface area contributed by atoms with E-state index >= 15 is 0 Å². The van der Waals surface area contributed by atoms with Gasteiger partial charge < -0.3 is 10.1 Å². The van der Waals surface area contributed by atoms with Crippen molar-refractivity contribution in [1.82, 2.24) is 19.6 Å². The standard InChI is InChI=1S/C18H20N4O2S/c1-13(15-11-22-7-9-25-18(22)20-15)19-17(23)12-21-6-8-24-16-5-3-2-4-14(16)10-21/h2-5,7,9,11,13H,6,8,10,12H2,1H3,(H,19,23)/t13-/m1/s1. The molecule has 0 radical (unpaired) electrons. The van der Waals surface area contributed by atoms with Crippen molar-refractivity contribution in [2.24, 2.45) is 0 Å². The van der Waals surface area contributed by atoms with E-state index in [1.165, 1.54) is 0 Å². The van der Waals surface area contributed by atoms with Crippen LogP contribution in [0.3, 0.4) is 0 Å². The van der Waals surface area contributed by atoms with Crippen LogP contribution in [0.15, 0.2) is 42.0 Å².